The first-order valence-electron chi connectivity index (χ1n) is 5.05. The molecule has 8 heteroatoms. The molecule has 0 spiro atoms. The number of hydrogen-bond acceptors (Lipinski definition) is 2. The van der Waals surface area contributed by atoms with Crippen molar-refractivity contribution in [1.82, 2.24) is 9.38 Å². The van der Waals surface area contributed by atoms with Gasteiger partial charge in [-0.2, -0.15) is 13.2 Å². The number of carbonyl (C=O) groups is 1. The van der Waals surface area contributed by atoms with Gasteiger partial charge in [0.25, 0.3) is 0 Å². The largest absolute Gasteiger partial charge is 0.481 e. The third-order valence-corrected chi connectivity index (χ3v) is 2.56. The normalized spacial score (nSPS) is 11.4. The van der Waals surface area contributed by atoms with Gasteiger partial charge in [-0.15, -0.1) is 12.4 Å². The second kappa shape index (κ2) is 5.08. The molecule has 0 aliphatic heterocycles. The molecule has 104 valence electrons. The monoisotopic (exact) mass is 294 g/mol. The molecule has 0 atom stereocenters. The molecule has 2 rings (SSSR count). The molecule has 0 saturated heterocycles. The Labute approximate surface area is 112 Å². The molecule has 0 aliphatic rings. The number of hydrogen-bond donors (Lipinski definition) is 1. The molecular formula is C11H10ClF3N2O2. The molecule has 0 bridgehead atoms. The van der Waals surface area contributed by atoms with E-state index in [1.165, 1.54) is 10.5 Å². The molecule has 0 aromatic carbocycles. The maximum absolute atomic E-state index is 12.6. The lowest BCUT2D eigenvalue weighted by molar-refractivity contribution is -0.138. The van der Waals surface area contributed by atoms with Gasteiger partial charge in [0.2, 0.25) is 0 Å². The maximum atomic E-state index is 12.6. The Kier molecular flexibility index (Phi) is 4.09. The summed E-state index contributed by atoms with van der Waals surface area (Å²) in [4.78, 5) is 14.7. The van der Waals surface area contributed by atoms with Crippen molar-refractivity contribution >= 4 is 24.0 Å². The first kappa shape index (κ1) is 15.3. The standard InChI is InChI=1S/C11H9F3N2O2.ClH/c1-6-8(4-10(17)18)16-5-7(11(12,13)14)2-3-9(16)15-6;/h2-3,5H,4H2,1H3,(H,17,18);1H. The fraction of sp³-hybridized carbons (Fsp3) is 0.273. The van der Waals surface area contributed by atoms with Crippen LogP contribution in [0.3, 0.4) is 0 Å². The third kappa shape index (κ3) is 2.98. The maximum Gasteiger partial charge on any atom is 0.417 e. The predicted octanol–water partition coefficient (Wildman–Crippen LogP) is 2.71. The summed E-state index contributed by atoms with van der Waals surface area (Å²) in [5.41, 5.74) is 0.135. The van der Waals surface area contributed by atoms with Crippen LogP contribution in [0.5, 0.6) is 0 Å². The summed E-state index contributed by atoms with van der Waals surface area (Å²) in [6.45, 7) is 1.57. The Bertz CT molecular complexity index is 622. The predicted molar refractivity (Wildman–Crippen MR) is 63.5 cm³/mol. The Morgan fingerprint density at radius 3 is 2.58 bits per heavy atom. The number of alkyl halides is 3. The summed E-state index contributed by atoms with van der Waals surface area (Å²) in [5.74, 6) is -1.11. The lowest BCUT2D eigenvalue weighted by atomic mass is 10.2. The number of aromatic nitrogens is 2. The van der Waals surface area contributed by atoms with Gasteiger partial charge in [0.15, 0.2) is 0 Å². The number of pyridine rings is 1. The first-order chi connectivity index (χ1) is 8.29. The van der Waals surface area contributed by atoms with Gasteiger partial charge < -0.3 is 9.51 Å². The molecular weight excluding hydrogens is 285 g/mol. The number of carboxylic acids is 1. The topological polar surface area (TPSA) is 54.6 Å². The first-order valence-corrected chi connectivity index (χ1v) is 5.05. The van der Waals surface area contributed by atoms with Crippen LogP contribution in [0.15, 0.2) is 18.3 Å². The summed E-state index contributed by atoms with van der Waals surface area (Å²) in [7, 11) is 0. The number of carboxylic acid groups (broad SMARTS) is 1. The van der Waals surface area contributed by atoms with Gasteiger partial charge in [-0.1, -0.05) is 0 Å². The van der Waals surface area contributed by atoms with Gasteiger partial charge in [-0.3, -0.25) is 4.79 Å². The van der Waals surface area contributed by atoms with Crippen molar-refractivity contribution in [2.75, 3.05) is 0 Å². The van der Waals surface area contributed by atoms with Gasteiger partial charge in [-0.25, -0.2) is 4.98 Å². The molecule has 1 N–H and O–H groups in total. The SMILES string of the molecule is Cc1nc2ccc(C(F)(F)F)cn2c1CC(=O)O.Cl. The number of fused-ring (bicyclic) bond motifs is 1. The molecule has 0 amide bonds. The Morgan fingerprint density at radius 2 is 2.05 bits per heavy atom. The van der Waals surface area contributed by atoms with Crippen LogP contribution in [0, 0.1) is 6.92 Å². The third-order valence-electron chi connectivity index (χ3n) is 2.56. The van der Waals surface area contributed by atoms with Crippen LogP contribution in [-0.4, -0.2) is 20.5 Å². The Balaban J connectivity index is 0.00000180. The molecule has 2 aromatic rings. The van der Waals surface area contributed by atoms with Gasteiger partial charge in [-0.05, 0) is 19.1 Å². The smallest absolute Gasteiger partial charge is 0.417 e. The van der Waals surface area contributed by atoms with Crippen molar-refractivity contribution in [2.24, 2.45) is 0 Å². The second-order valence-corrected chi connectivity index (χ2v) is 3.86. The number of aliphatic carboxylic acids is 1. The van der Waals surface area contributed by atoms with E-state index in [9.17, 15) is 18.0 Å². The Morgan fingerprint density at radius 1 is 1.42 bits per heavy atom. The molecule has 19 heavy (non-hydrogen) atoms. The molecule has 0 aliphatic carbocycles. The lowest BCUT2D eigenvalue weighted by Crippen LogP contribution is -2.09. The number of aryl methyl sites for hydroxylation is 1. The van der Waals surface area contributed by atoms with Gasteiger partial charge in [0.1, 0.15) is 5.65 Å². The van der Waals surface area contributed by atoms with Crippen LogP contribution in [0.2, 0.25) is 0 Å². The van der Waals surface area contributed by atoms with E-state index < -0.39 is 17.7 Å². The van der Waals surface area contributed by atoms with Crippen LogP contribution in [0.25, 0.3) is 5.65 Å². The van der Waals surface area contributed by atoms with E-state index in [0.717, 1.165) is 12.3 Å². The van der Waals surface area contributed by atoms with Crippen LogP contribution >= 0.6 is 12.4 Å². The lowest BCUT2D eigenvalue weighted by Gasteiger charge is -2.07. The fourth-order valence-electron chi connectivity index (χ4n) is 1.73. The van der Waals surface area contributed by atoms with Gasteiger partial charge in [0.05, 0.1) is 23.4 Å². The van der Waals surface area contributed by atoms with E-state index in [0.29, 0.717) is 11.3 Å². The number of nitrogens with zero attached hydrogens (tertiary/aromatic N) is 2. The molecule has 0 saturated carbocycles. The fourth-order valence-corrected chi connectivity index (χ4v) is 1.73. The highest BCUT2D eigenvalue weighted by molar-refractivity contribution is 5.85. The molecule has 0 radical (unpaired) electrons. The highest BCUT2D eigenvalue weighted by atomic mass is 35.5. The van der Waals surface area contributed by atoms with Gasteiger partial charge in [0, 0.05) is 6.20 Å². The zero-order valence-corrected chi connectivity index (χ0v) is 10.5. The molecule has 0 fully saturated rings. The summed E-state index contributed by atoms with van der Waals surface area (Å²) < 4.78 is 38.9. The van der Waals surface area contributed by atoms with Crippen LogP contribution in [0.1, 0.15) is 17.0 Å². The van der Waals surface area contributed by atoms with Gasteiger partial charge >= 0.3 is 12.1 Å². The van der Waals surface area contributed by atoms with E-state index >= 15 is 0 Å². The summed E-state index contributed by atoms with van der Waals surface area (Å²) in [5, 5.41) is 8.74. The number of rotatable bonds is 2. The zero-order chi connectivity index (χ0) is 13.5. The van der Waals surface area contributed by atoms with E-state index in [2.05, 4.69) is 4.98 Å². The highest BCUT2D eigenvalue weighted by Crippen LogP contribution is 2.29. The van der Waals surface area contributed by atoms with Crippen LogP contribution in [-0.2, 0) is 17.4 Å². The highest BCUT2D eigenvalue weighted by Gasteiger charge is 2.31. The van der Waals surface area contributed by atoms with Crippen molar-refractivity contribution in [3.05, 3.63) is 35.3 Å². The average molecular weight is 295 g/mol. The summed E-state index contributed by atoms with van der Waals surface area (Å²) >= 11 is 0. The summed E-state index contributed by atoms with van der Waals surface area (Å²) in [6.07, 6.45) is -3.96. The van der Waals surface area contributed by atoms with Crippen molar-refractivity contribution in [3.63, 3.8) is 0 Å². The quantitative estimate of drug-likeness (QED) is 0.926. The van der Waals surface area contributed by atoms with E-state index in [1.807, 2.05) is 0 Å². The number of halogens is 4. The molecule has 2 aromatic heterocycles. The van der Waals surface area contributed by atoms with E-state index in [4.69, 9.17) is 5.11 Å². The minimum absolute atomic E-state index is 0. The van der Waals surface area contributed by atoms with Crippen molar-refractivity contribution in [2.45, 2.75) is 19.5 Å². The Hall–Kier alpha value is -1.76. The van der Waals surface area contributed by atoms with E-state index in [-0.39, 0.29) is 24.5 Å². The second-order valence-electron chi connectivity index (χ2n) is 3.86. The summed E-state index contributed by atoms with van der Waals surface area (Å²) in [6, 6.07) is 2.15. The average Bonchev–Trinajstić information content (AvgIpc) is 2.53. The van der Waals surface area contributed by atoms with Crippen molar-refractivity contribution in [3.8, 4) is 0 Å². The molecule has 2 heterocycles. The number of imidazole rings is 1. The van der Waals surface area contributed by atoms with Crippen LogP contribution in [0.4, 0.5) is 13.2 Å². The minimum atomic E-state index is -4.47. The van der Waals surface area contributed by atoms with Crippen molar-refractivity contribution < 1.29 is 23.1 Å². The van der Waals surface area contributed by atoms with Crippen molar-refractivity contribution in [1.29, 1.82) is 0 Å². The minimum Gasteiger partial charge on any atom is -0.481 e. The van der Waals surface area contributed by atoms with E-state index in [1.54, 1.807) is 6.92 Å². The zero-order valence-electron chi connectivity index (χ0n) is 9.73. The molecule has 4 nitrogen and oxygen atoms in total. The molecule has 0 unspecified atom stereocenters. The van der Waals surface area contributed by atoms with Crippen LogP contribution < -0.4 is 0 Å².